The summed E-state index contributed by atoms with van der Waals surface area (Å²) in [5.74, 6) is -0.674. The van der Waals surface area contributed by atoms with Crippen molar-refractivity contribution in [3.63, 3.8) is 0 Å². The molecule has 1 aromatic carbocycles. The molecule has 1 amide bonds. The molecule has 1 aliphatic heterocycles. The predicted octanol–water partition coefficient (Wildman–Crippen LogP) is 4.91. The number of fused-ring (bicyclic) bond motifs is 1. The summed E-state index contributed by atoms with van der Waals surface area (Å²) in [5.41, 5.74) is 0.414. The van der Waals surface area contributed by atoms with Crippen LogP contribution in [0, 0.1) is 11.3 Å². The lowest BCUT2D eigenvalue weighted by Gasteiger charge is -2.33. The summed E-state index contributed by atoms with van der Waals surface area (Å²) in [7, 11) is 0. The zero-order valence-electron chi connectivity index (χ0n) is 21.9. The maximum atomic E-state index is 14.0. The van der Waals surface area contributed by atoms with Crippen LogP contribution in [0.2, 0.25) is 0 Å². The van der Waals surface area contributed by atoms with Gasteiger partial charge in [0.15, 0.2) is 5.69 Å². The molecule has 2 aromatic heterocycles. The van der Waals surface area contributed by atoms with Crippen molar-refractivity contribution in [1.29, 1.82) is 5.26 Å². The Balaban J connectivity index is 1.72. The van der Waals surface area contributed by atoms with Crippen LogP contribution in [0.4, 0.5) is 13.2 Å². The predicted molar refractivity (Wildman–Crippen MR) is 143 cm³/mol. The average molecular weight is 558 g/mol. The van der Waals surface area contributed by atoms with E-state index in [1.54, 1.807) is 48.2 Å². The molecule has 0 saturated carbocycles. The molecule has 4 rings (SSSR count). The molecule has 0 radical (unpaired) electrons. The molecule has 206 valence electrons. The molecule has 0 fully saturated rings. The van der Waals surface area contributed by atoms with Crippen LogP contribution in [0.1, 0.15) is 53.3 Å². The highest BCUT2D eigenvalue weighted by atomic mass is 32.1. The molecule has 11 heteroatoms. The molecular weight excluding hydrogens is 527 g/mol. The zero-order valence-corrected chi connectivity index (χ0v) is 22.7. The number of halogens is 3. The monoisotopic (exact) mass is 557 g/mol. The standard InChI is InChI=1S/C28H30F3N5O2S/c1-4-36-15-23(26(34-36)28(29,30)31)20-9-6-5-8-19(20)22-14-35(16-24-21(22)12-18(13-32)39-24)25(38)10-7-11-33-27(2,3)17-37/h5-10,12,15,22,33,37H,4,11,14,16-17H2,1-3H3/b10-7+/t22-/m0/s1. The van der Waals surface area contributed by atoms with E-state index in [1.807, 2.05) is 13.8 Å². The highest BCUT2D eigenvalue weighted by Gasteiger charge is 2.39. The smallest absolute Gasteiger partial charge is 0.394 e. The number of hydrogen-bond acceptors (Lipinski definition) is 6. The summed E-state index contributed by atoms with van der Waals surface area (Å²) in [6, 6.07) is 10.8. The maximum Gasteiger partial charge on any atom is 0.435 e. The van der Waals surface area contributed by atoms with Crippen LogP contribution in [0.25, 0.3) is 11.1 Å². The maximum absolute atomic E-state index is 14.0. The Kier molecular flexibility index (Phi) is 8.30. The van der Waals surface area contributed by atoms with Crippen LogP contribution in [0.3, 0.4) is 0 Å². The molecule has 0 saturated heterocycles. The van der Waals surface area contributed by atoms with Gasteiger partial charge in [-0.15, -0.1) is 11.3 Å². The van der Waals surface area contributed by atoms with Crippen molar-refractivity contribution in [3.8, 4) is 17.2 Å². The van der Waals surface area contributed by atoms with Gasteiger partial charge < -0.3 is 15.3 Å². The van der Waals surface area contributed by atoms with Crippen LogP contribution in [-0.2, 0) is 24.1 Å². The van der Waals surface area contributed by atoms with E-state index in [0.29, 0.717) is 29.1 Å². The van der Waals surface area contributed by atoms with Crippen LogP contribution in [0.15, 0.2) is 48.7 Å². The lowest BCUT2D eigenvalue weighted by atomic mass is 9.83. The number of nitrogens with zero attached hydrogens (tertiary/aromatic N) is 4. The van der Waals surface area contributed by atoms with Crippen molar-refractivity contribution in [2.24, 2.45) is 0 Å². The van der Waals surface area contributed by atoms with Gasteiger partial charge in [0.2, 0.25) is 5.91 Å². The number of nitrogens with one attached hydrogen (secondary N) is 1. The molecule has 3 aromatic rings. The Morgan fingerprint density at radius 1 is 1.28 bits per heavy atom. The minimum Gasteiger partial charge on any atom is -0.394 e. The lowest BCUT2D eigenvalue weighted by Crippen LogP contribution is -2.42. The second-order valence-corrected chi connectivity index (χ2v) is 11.2. The van der Waals surface area contributed by atoms with Crippen LogP contribution in [0.5, 0.6) is 0 Å². The summed E-state index contributed by atoms with van der Waals surface area (Å²) >= 11 is 1.29. The topological polar surface area (TPSA) is 94.2 Å². The molecule has 1 aliphatic rings. The van der Waals surface area contributed by atoms with Gasteiger partial charge in [0.25, 0.3) is 0 Å². The molecule has 7 nitrogen and oxygen atoms in total. The van der Waals surface area contributed by atoms with Crippen LogP contribution >= 0.6 is 11.3 Å². The first kappa shape index (κ1) is 28.5. The first-order valence-corrected chi connectivity index (χ1v) is 13.4. The van der Waals surface area contributed by atoms with Gasteiger partial charge in [-0.25, -0.2) is 0 Å². The highest BCUT2D eigenvalue weighted by Crippen LogP contribution is 2.44. The average Bonchev–Trinajstić information content (AvgIpc) is 3.55. The van der Waals surface area contributed by atoms with E-state index in [4.69, 9.17) is 0 Å². The van der Waals surface area contributed by atoms with Gasteiger partial charge in [-0.3, -0.25) is 9.48 Å². The third-order valence-corrected chi connectivity index (χ3v) is 7.75. The molecule has 3 heterocycles. The first-order chi connectivity index (χ1) is 18.5. The lowest BCUT2D eigenvalue weighted by molar-refractivity contribution is -0.141. The Morgan fingerprint density at radius 2 is 2.03 bits per heavy atom. The van der Waals surface area contributed by atoms with Crippen LogP contribution < -0.4 is 5.32 Å². The number of aryl methyl sites for hydroxylation is 1. The molecule has 2 N–H and O–H groups in total. The quantitative estimate of drug-likeness (QED) is 0.384. The van der Waals surface area contributed by atoms with Gasteiger partial charge in [0, 0.05) is 53.8 Å². The van der Waals surface area contributed by atoms with Gasteiger partial charge >= 0.3 is 6.18 Å². The molecule has 0 bridgehead atoms. The number of thiophene rings is 1. The fraction of sp³-hybridized carbons (Fsp3) is 0.393. The molecule has 0 aliphatic carbocycles. The molecule has 0 spiro atoms. The third-order valence-electron chi connectivity index (χ3n) is 6.71. The van der Waals surface area contributed by atoms with Crippen molar-refractivity contribution in [3.05, 3.63) is 75.3 Å². The van der Waals surface area contributed by atoms with Crippen molar-refractivity contribution < 1.29 is 23.1 Å². The summed E-state index contributed by atoms with van der Waals surface area (Å²) in [6.07, 6.45) is -0.0863. The summed E-state index contributed by atoms with van der Waals surface area (Å²) in [5, 5.41) is 25.9. The minimum absolute atomic E-state index is 0.0156. The number of carbonyl (C=O) groups is 1. The van der Waals surface area contributed by atoms with Crippen LogP contribution in [-0.4, -0.2) is 50.9 Å². The normalized spacial score (nSPS) is 15.9. The highest BCUT2D eigenvalue weighted by molar-refractivity contribution is 7.12. The number of nitriles is 1. The van der Waals surface area contributed by atoms with E-state index >= 15 is 0 Å². The number of hydrogen-bond donors (Lipinski definition) is 2. The third kappa shape index (κ3) is 6.24. The fourth-order valence-electron chi connectivity index (χ4n) is 4.60. The number of aliphatic hydroxyl groups is 1. The van der Waals surface area contributed by atoms with Gasteiger partial charge in [0.05, 0.1) is 13.2 Å². The number of benzene rings is 1. The zero-order chi connectivity index (χ0) is 28.4. The second kappa shape index (κ2) is 11.3. The first-order valence-electron chi connectivity index (χ1n) is 12.6. The molecular formula is C28H30F3N5O2S. The summed E-state index contributed by atoms with van der Waals surface area (Å²) in [6.45, 7) is 6.57. The molecule has 0 unspecified atom stereocenters. The van der Waals surface area contributed by atoms with Gasteiger partial charge in [-0.1, -0.05) is 30.3 Å². The number of rotatable bonds is 8. The van der Waals surface area contributed by atoms with E-state index in [9.17, 15) is 28.3 Å². The number of alkyl halides is 3. The summed E-state index contributed by atoms with van der Waals surface area (Å²) < 4.78 is 43.2. The second-order valence-electron chi connectivity index (χ2n) is 10.0. The number of amides is 1. The Bertz CT molecular complexity index is 1420. The largest absolute Gasteiger partial charge is 0.435 e. The van der Waals surface area contributed by atoms with E-state index < -0.39 is 23.3 Å². The Morgan fingerprint density at radius 3 is 2.69 bits per heavy atom. The van der Waals surface area contributed by atoms with Crippen molar-refractivity contribution in [2.45, 2.75) is 51.5 Å². The van der Waals surface area contributed by atoms with E-state index in [0.717, 1.165) is 10.4 Å². The van der Waals surface area contributed by atoms with E-state index in [1.165, 1.54) is 28.3 Å². The Labute approximate surface area is 229 Å². The molecule has 1 atom stereocenters. The number of aromatic nitrogens is 2. The Hall–Kier alpha value is -3.46. The van der Waals surface area contributed by atoms with Crippen molar-refractivity contribution in [2.75, 3.05) is 19.7 Å². The van der Waals surface area contributed by atoms with E-state index in [-0.39, 0.29) is 31.2 Å². The van der Waals surface area contributed by atoms with Gasteiger partial charge in [-0.05, 0) is 43.5 Å². The SMILES string of the molecule is CCn1cc(-c2ccccc2[C@@H]2CN(C(=O)/C=C/CNC(C)(C)CO)Cc3sc(C#N)cc32)c(C(F)(F)F)n1. The van der Waals surface area contributed by atoms with Gasteiger partial charge in [0.1, 0.15) is 10.9 Å². The van der Waals surface area contributed by atoms with Crippen molar-refractivity contribution >= 4 is 17.2 Å². The fourth-order valence-corrected chi connectivity index (χ4v) is 5.64. The number of aliphatic hydroxyl groups excluding tert-OH is 1. The molecule has 39 heavy (non-hydrogen) atoms. The van der Waals surface area contributed by atoms with Crippen molar-refractivity contribution in [1.82, 2.24) is 20.0 Å². The minimum atomic E-state index is -4.64. The van der Waals surface area contributed by atoms with Gasteiger partial charge in [-0.2, -0.15) is 23.5 Å². The van der Waals surface area contributed by atoms with E-state index in [2.05, 4.69) is 16.5 Å². The number of carbonyl (C=O) groups excluding carboxylic acids is 1. The summed E-state index contributed by atoms with van der Waals surface area (Å²) in [4.78, 5) is 16.1.